The number of ether oxygens (including phenoxy) is 2. The first-order chi connectivity index (χ1) is 25.2. The molecule has 1 aromatic rings. The van der Waals surface area contributed by atoms with Crippen LogP contribution in [0.3, 0.4) is 0 Å². The number of ketones is 2. The minimum Gasteiger partial charge on any atom is -0.459 e. The second kappa shape index (κ2) is 16.4. The molecule has 0 bridgehead atoms. The molecular weight excluding hydrogens is 660 g/mol. The van der Waals surface area contributed by atoms with Crippen LogP contribution in [0.1, 0.15) is 85.9 Å². The molecule has 11 heteroatoms. The van der Waals surface area contributed by atoms with E-state index in [-0.39, 0.29) is 42.7 Å². The van der Waals surface area contributed by atoms with Crippen molar-refractivity contribution in [2.75, 3.05) is 40.0 Å². The van der Waals surface area contributed by atoms with E-state index < -0.39 is 34.8 Å². The summed E-state index contributed by atoms with van der Waals surface area (Å²) in [5.74, 6) is -0.792. The number of Topliss-reactive ketones (excluding diaryl/α,β-unsaturated/α-hetero) is 2. The maximum absolute atomic E-state index is 14.6. The summed E-state index contributed by atoms with van der Waals surface area (Å²) < 4.78 is 12.6. The fraction of sp³-hybridized carbons (Fsp3) is 0.537. The first-order valence-corrected chi connectivity index (χ1v) is 18.9. The molecule has 0 unspecified atom stereocenters. The molecule has 280 valence electrons. The number of rotatable bonds is 17. The van der Waals surface area contributed by atoms with Crippen molar-refractivity contribution in [3.63, 3.8) is 0 Å². The molecule has 6 N–H and O–H groups in total. The quantitative estimate of drug-likeness (QED) is 0.0459. The smallest absolute Gasteiger partial charge is 0.350 e. The minimum atomic E-state index is -2.16. The second-order valence-corrected chi connectivity index (χ2v) is 14.6. The van der Waals surface area contributed by atoms with Crippen molar-refractivity contribution < 1.29 is 34.1 Å². The van der Waals surface area contributed by atoms with Gasteiger partial charge in [-0.3, -0.25) is 9.59 Å². The number of fused-ring (bicyclic) bond motifs is 3. The van der Waals surface area contributed by atoms with Gasteiger partial charge in [-0.25, -0.2) is 4.79 Å². The van der Waals surface area contributed by atoms with Crippen molar-refractivity contribution >= 4 is 17.5 Å². The fourth-order valence-electron chi connectivity index (χ4n) is 8.48. The van der Waals surface area contributed by atoms with E-state index >= 15 is 0 Å². The molecule has 52 heavy (non-hydrogen) atoms. The van der Waals surface area contributed by atoms with Gasteiger partial charge in [0.2, 0.25) is 5.78 Å². The van der Waals surface area contributed by atoms with Gasteiger partial charge in [-0.15, -0.1) is 0 Å². The van der Waals surface area contributed by atoms with Crippen LogP contribution in [0.4, 0.5) is 0 Å². The van der Waals surface area contributed by atoms with E-state index in [2.05, 4.69) is 51.6 Å². The van der Waals surface area contributed by atoms with Crippen molar-refractivity contribution in [2.24, 2.45) is 11.8 Å². The van der Waals surface area contributed by atoms with Gasteiger partial charge < -0.3 is 41.0 Å². The van der Waals surface area contributed by atoms with Gasteiger partial charge in [0.05, 0.1) is 13.3 Å². The molecule has 6 atom stereocenters. The standard InChI is InChI=1S/C41H54N4O7/c1-4-43-34-22-29-11-6-5-10-28(29)21-33(34)35(14-9-19-46)51-39(50)41-38(49)32-13-8-7-12-31(32)37(48)40(41,52-41)23-30(24-47)26(2)15-16-27-17-18-44-36(20-27)45-25-42-3/h6-8,11-13,17,20,22,28,33-35,42-47H,4-5,9-10,14-16,18-19,21,23-25H2,1-3H3/b30-26-/t28-,33+,34+,35-,40-,41-/m0/s1. The normalized spacial score (nSPS) is 28.6. The zero-order chi connectivity index (χ0) is 36.9. The van der Waals surface area contributed by atoms with Gasteiger partial charge in [0.25, 0.3) is 5.60 Å². The Kier molecular flexibility index (Phi) is 12.0. The number of epoxide rings is 1. The van der Waals surface area contributed by atoms with E-state index in [1.54, 1.807) is 24.3 Å². The van der Waals surface area contributed by atoms with Crippen molar-refractivity contribution in [3.05, 3.63) is 93.9 Å². The van der Waals surface area contributed by atoms with Gasteiger partial charge in [-0.1, -0.05) is 61.1 Å². The molecule has 0 saturated carbocycles. The van der Waals surface area contributed by atoms with E-state index in [0.29, 0.717) is 56.9 Å². The number of benzene rings is 1. The number of esters is 1. The summed E-state index contributed by atoms with van der Waals surface area (Å²) in [5.41, 5.74) is 0.177. The lowest BCUT2D eigenvalue weighted by Crippen LogP contribution is -2.53. The Morgan fingerprint density at radius 1 is 1.17 bits per heavy atom. The SMILES string of the molecule is CCN[C@@H]1C=C2C=CCC[C@H]2C[C@H]1[C@H](CCCO)OC(=O)[C@]12O[C@@]1(C/C(CO)=C(\C)CCC1=CCNC(NCNC)=C1)C(=O)c1ccccc1C2=O. The summed E-state index contributed by atoms with van der Waals surface area (Å²) in [6.45, 7) is 5.55. The largest absolute Gasteiger partial charge is 0.459 e. The third-order valence-electron chi connectivity index (χ3n) is 11.4. The molecule has 3 aliphatic carbocycles. The van der Waals surface area contributed by atoms with Crippen LogP contribution in [0.5, 0.6) is 0 Å². The van der Waals surface area contributed by atoms with Gasteiger partial charge in [-0.05, 0) is 94.2 Å². The molecular formula is C41H54N4O7. The number of hydrogen-bond donors (Lipinski definition) is 6. The molecule has 11 nitrogen and oxygen atoms in total. The summed E-state index contributed by atoms with van der Waals surface area (Å²) in [6.07, 6.45) is 14.9. The Balaban J connectivity index is 1.29. The van der Waals surface area contributed by atoms with Crippen molar-refractivity contribution in [3.8, 4) is 0 Å². The second-order valence-electron chi connectivity index (χ2n) is 14.6. The lowest BCUT2D eigenvalue weighted by atomic mass is 9.70. The number of nitrogens with one attached hydrogen (secondary N) is 4. The molecule has 5 aliphatic rings. The number of likely N-dealkylation sites (N-methyl/N-ethyl adjacent to an activating group) is 1. The van der Waals surface area contributed by atoms with E-state index in [4.69, 9.17) is 9.47 Å². The Morgan fingerprint density at radius 2 is 1.96 bits per heavy atom. The molecule has 1 fully saturated rings. The number of hydrogen-bond acceptors (Lipinski definition) is 11. The zero-order valence-corrected chi connectivity index (χ0v) is 30.6. The number of carbonyl (C=O) groups is 3. The van der Waals surface area contributed by atoms with Crippen LogP contribution < -0.4 is 21.3 Å². The molecule has 0 radical (unpaired) electrons. The molecule has 2 heterocycles. The average Bonchev–Trinajstić information content (AvgIpc) is 3.87. The van der Waals surface area contributed by atoms with Crippen molar-refractivity contribution in [1.82, 2.24) is 21.3 Å². The average molecular weight is 715 g/mol. The number of aliphatic hydroxyl groups is 2. The summed E-state index contributed by atoms with van der Waals surface area (Å²) in [7, 11) is 1.87. The monoisotopic (exact) mass is 714 g/mol. The van der Waals surface area contributed by atoms with Crippen LogP contribution >= 0.6 is 0 Å². The lowest BCUT2D eigenvalue weighted by Gasteiger charge is -2.40. The third-order valence-corrected chi connectivity index (χ3v) is 11.4. The Morgan fingerprint density at radius 3 is 2.69 bits per heavy atom. The van der Waals surface area contributed by atoms with Gasteiger partial charge in [-0.2, -0.15) is 0 Å². The summed E-state index contributed by atoms with van der Waals surface area (Å²) in [5, 5.41) is 33.7. The Hall–Kier alpha value is -3.87. The molecule has 0 spiro atoms. The van der Waals surface area contributed by atoms with Crippen LogP contribution in [-0.2, 0) is 14.3 Å². The van der Waals surface area contributed by atoms with Gasteiger partial charge in [0.15, 0.2) is 11.4 Å². The maximum Gasteiger partial charge on any atom is 0.350 e. The molecule has 1 aromatic carbocycles. The van der Waals surface area contributed by atoms with E-state index in [1.807, 2.05) is 20.9 Å². The van der Waals surface area contributed by atoms with Gasteiger partial charge in [0.1, 0.15) is 11.9 Å². The van der Waals surface area contributed by atoms with Crippen LogP contribution in [0.15, 0.2) is 82.8 Å². The molecule has 1 saturated heterocycles. The predicted octanol–water partition coefficient (Wildman–Crippen LogP) is 3.76. The topological polar surface area (TPSA) is 162 Å². The first-order valence-electron chi connectivity index (χ1n) is 18.9. The van der Waals surface area contributed by atoms with E-state index in [0.717, 1.165) is 36.2 Å². The number of carbonyl (C=O) groups excluding carboxylic acids is 3. The van der Waals surface area contributed by atoms with E-state index in [9.17, 15) is 24.6 Å². The minimum absolute atomic E-state index is 0.0722. The van der Waals surface area contributed by atoms with Crippen LogP contribution in [0.25, 0.3) is 0 Å². The Bertz CT molecular complexity index is 1690. The van der Waals surface area contributed by atoms with Crippen LogP contribution in [0.2, 0.25) is 0 Å². The number of dihydropyridines is 1. The van der Waals surface area contributed by atoms with Crippen molar-refractivity contribution in [1.29, 1.82) is 0 Å². The number of aliphatic hydroxyl groups excluding tert-OH is 2. The first kappa shape index (κ1) is 37.9. The third kappa shape index (κ3) is 7.21. The highest BCUT2D eigenvalue weighted by atomic mass is 16.7. The summed E-state index contributed by atoms with van der Waals surface area (Å²) in [4.78, 5) is 43.5. The predicted molar refractivity (Wildman–Crippen MR) is 198 cm³/mol. The molecule has 0 amide bonds. The number of allylic oxidation sites excluding steroid dienone is 6. The zero-order valence-electron chi connectivity index (χ0n) is 30.6. The molecule has 2 aliphatic heterocycles. The summed E-state index contributed by atoms with van der Waals surface area (Å²) in [6, 6.07) is 6.43. The van der Waals surface area contributed by atoms with Gasteiger partial charge in [0, 0.05) is 42.7 Å². The summed E-state index contributed by atoms with van der Waals surface area (Å²) >= 11 is 0. The van der Waals surface area contributed by atoms with E-state index in [1.165, 1.54) is 5.57 Å². The fourth-order valence-corrected chi connectivity index (χ4v) is 8.48. The molecule has 6 rings (SSSR count). The highest BCUT2D eigenvalue weighted by molar-refractivity contribution is 6.33. The Labute approximate surface area is 306 Å². The van der Waals surface area contributed by atoms with Crippen LogP contribution in [0, 0.1) is 11.8 Å². The highest BCUT2D eigenvalue weighted by Crippen LogP contribution is 2.60. The highest BCUT2D eigenvalue weighted by Gasteiger charge is 2.85. The van der Waals surface area contributed by atoms with Gasteiger partial charge >= 0.3 is 5.97 Å². The maximum atomic E-state index is 14.6. The van der Waals surface area contributed by atoms with Crippen molar-refractivity contribution in [2.45, 2.75) is 88.6 Å². The lowest BCUT2D eigenvalue weighted by molar-refractivity contribution is -0.158. The molecule has 0 aromatic heterocycles. The van der Waals surface area contributed by atoms with Crippen LogP contribution in [-0.4, -0.2) is 91.1 Å².